The molecule has 1 fully saturated rings. The molecule has 1 aromatic carbocycles. The predicted octanol–water partition coefficient (Wildman–Crippen LogP) is 1.57. The second kappa shape index (κ2) is 8.44. The van der Waals surface area contributed by atoms with Gasteiger partial charge in [0.2, 0.25) is 12.9 Å². The van der Waals surface area contributed by atoms with Crippen LogP contribution in [-0.4, -0.2) is 64.8 Å². The number of hydrazine groups is 2. The number of aryl methyl sites for hydroxylation is 1. The fourth-order valence-corrected chi connectivity index (χ4v) is 3.03. The van der Waals surface area contributed by atoms with Crippen LogP contribution in [0.1, 0.15) is 11.1 Å². The van der Waals surface area contributed by atoms with Crippen LogP contribution >= 0.6 is 11.6 Å². The number of aliphatic hydroxyl groups is 1. The Hall–Kier alpha value is -1.93. The summed E-state index contributed by atoms with van der Waals surface area (Å²) in [7, 11) is 0. The van der Waals surface area contributed by atoms with Gasteiger partial charge in [-0.3, -0.25) is 5.21 Å². The smallest absolute Gasteiger partial charge is 0.430 e. The molecule has 1 aromatic rings. The Morgan fingerprint density at radius 3 is 2.76 bits per heavy atom. The number of halogens is 4. The molecule has 0 radical (unpaired) electrons. The van der Waals surface area contributed by atoms with E-state index in [0.29, 0.717) is 10.8 Å². The van der Waals surface area contributed by atoms with Crippen LogP contribution in [0.3, 0.4) is 0 Å². The summed E-state index contributed by atoms with van der Waals surface area (Å²) >= 11 is 5.92. The standard InChI is InChI=1S/C16H17ClF3N3O6/c1-8-2-10(17)3-9-4-12(14(16(18,19)20)29-13(8)9)15(25)27-7-28-21-23(26)22-5-11(24)6-22/h2-4,11,14,21,24,26H,5-7H2,1H3/t14-/m0/s1. The second-order valence-electron chi connectivity index (χ2n) is 6.38. The lowest BCUT2D eigenvalue weighted by molar-refractivity contribution is -0.377. The van der Waals surface area contributed by atoms with Crippen molar-refractivity contribution in [2.45, 2.75) is 25.3 Å². The van der Waals surface area contributed by atoms with Gasteiger partial charge in [0, 0.05) is 23.7 Å². The number of nitrogens with one attached hydrogen (secondary N) is 1. The number of nitrogens with zero attached hydrogens (tertiary/aromatic N) is 2. The molecule has 2 aliphatic heterocycles. The van der Waals surface area contributed by atoms with Gasteiger partial charge >= 0.3 is 12.1 Å². The van der Waals surface area contributed by atoms with Gasteiger partial charge in [-0.2, -0.15) is 18.2 Å². The second-order valence-corrected chi connectivity index (χ2v) is 6.82. The normalized spacial score (nSPS) is 20.0. The first-order valence-electron chi connectivity index (χ1n) is 8.28. The highest BCUT2D eigenvalue weighted by atomic mass is 35.5. The minimum absolute atomic E-state index is 0.0288. The summed E-state index contributed by atoms with van der Waals surface area (Å²) in [4.78, 5) is 16.9. The van der Waals surface area contributed by atoms with Crippen molar-refractivity contribution < 1.29 is 42.6 Å². The van der Waals surface area contributed by atoms with E-state index < -0.39 is 36.7 Å². The summed E-state index contributed by atoms with van der Waals surface area (Å²) in [6.45, 7) is 1.01. The van der Waals surface area contributed by atoms with Gasteiger partial charge < -0.3 is 14.6 Å². The number of fused-ring (bicyclic) bond motifs is 1. The number of hydrogen-bond donors (Lipinski definition) is 3. The number of hydrogen-bond acceptors (Lipinski definition) is 9. The van der Waals surface area contributed by atoms with E-state index >= 15 is 0 Å². The zero-order valence-electron chi connectivity index (χ0n) is 14.9. The summed E-state index contributed by atoms with van der Waals surface area (Å²) in [5, 5.41) is 20.5. The van der Waals surface area contributed by atoms with Gasteiger partial charge in [0.15, 0.2) is 0 Å². The van der Waals surface area contributed by atoms with E-state index in [1.54, 1.807) is 0 Å². The van der Waals surface area contributed by atoms with Crippen molar-refractivity contribution >= 4 is 23.6 Å². The van der Waals surface area contributed by atoms with Crippen LogP contribution in [0.15, 0.2) is 17.7 Å². The highest BCUT2D eigenvalue weighted by Crippen LogP contribution is 2.40. The highest BCUT2D eigenvalue weighted by Gasteiger charge is 2.49. The molecular formula is C16H17ClF3N3O6. The van der Waals surface area contributed by atoms with Gasteiger partial charge in [-0.1, -0.05) is 17.2 Å². The number of carbonyl (C=O) groups is 1. The molecule has 3 rings (SSSR count). The lowest BCUT2D eigenvalue weighted by Crippen LogP contribution is -2.61. The molecule has 0 aromatic heterocycles. The molecule has 2 heterocycles. The maximum absolute atomic E-state index is 13.4. The number of aliphatic hydroxyl groups excluding tert-OH is 1. The molecule has 0 aliphatic carbocycles. The van der Waals surface area contributed by atoms with Crippen LogP contribution in [-0.2, 0) is 14.4 Å². The molecular weight excluding hydrogens is 423 g/mol. The van der Waals surface area contributed by atoms with E-state index in [9.17, 15) is 23.2 Å². The Kier molecular flexibility index (Phi) is 6.33. The fraction of sp³-hybridized carbons (Fsp3) is 0.438. The molecule has 3 N–H and O–H groups in total. The molecule has 0 unspecified atom stereocenters. The van der Waals surface area contributed by atoms with Crippen LogP contribution in [0.5, 0.6) is 5.75 Å². The van der Waals surface area contributed by atoms with Crippen molar-refractivity contribution in [3.63, 3.8) is 0 Å². The Morgan fingerprint density at radius 2 is 2.14 bits per heavy atom. The number of ether oxygens (including phenoxy) is 2. The Labute approximate surface area is 167 Å². The Morgan fingerprint density at radius 1 is 1.45 bits per heavy atom. The van der Waals surface area contributed by atoms with E-state index in [-0.39, 0.29) is 29.4 Å². The lowest BCUT2D eigenvalue weighted by Gasteiger charge is -2.39. The van der Waals surface area contributed by atoms with E-state index in [2.05, 4.69) is 9.57 Å². The molecule has 0 amide bonds. The number of rotatable bonds is 6. The molecule has 0 saturated carbocycles. The van der Waals surface area contributed by atoms with Crippen LogP contribution in [0.2, 0.25) is 5.02 Å². The van der Waals surface area contributed by atoms with Gasteiger partial charge in [0.05, 0.1) is 11.7 Å². The third-order valence-electron chi connectivity index (χ3n) is 4.14. The summed E-state index contributed by atoms with van der Waals surface area (Å²) < 4.78 is 49.9. The Bertz CT molecular complexity index is 816. The molecule has 0 bridgehead atoms. The van der Waals surface area contributed by atoms with Crippen molar-refractivity contribution in [2.75, 3.05) is 19.9 Å². The summed E-state index contributed by atoms with van der Waals surface area (Å²) in [5.74, 6) is -1.35. The van der Waals surface area contributed by atoms with E-state index in [1.807, 2.05) is 5.59 Å². The summed E-state index contributed by atoms with van der Waals surface area (Å²) in [6, 6.07) is 2.81. The van der Waals surface area contributed by atoms with Gasteiger partial charge in [-0.25, -0.2) is 9.63 Å². The average Bonchev–Trinajstić information content (AvgIpc) is 2.60. The Balaban J connectivity index is 1.65. The fourth-order valence-electron chi connectivity index (χ4n) is 2.75. The van der Waals surface area contributed by atoms with Gasteiger partial charge in [-0.15, -0.1) is 0 Å². The average molecular weight is 440 g/mol. The van der Waals surface area contributed by atoms with Crippen molar-refractivity contribution in [3.8, 4) is 5.75 Å². The number of benzene rings is 1. The van der Waals surface area contributed by atoms with Crippen LogP contribution in [0, 0.1) is 6.92 Å². The molecule has 1 atom stereocenters. The van der Waals surface area contributed by atoms with Gasteiger partial charge in [0.25, 0.3) is 0 Å². The van der Waals surface area contributed by atoms with Crippen molar-refractivity contribution in [2.24, 2.45) is 0 Å². The number of esters is 1. The van der Waals surface area contributed by atoms with Crippen molar-refractivity contribution in [1.29, 1.82) is 0 Å². The molecule has 0 spiro atoms. The van der Waals surface area contributed by atoms with Crippen molar-refractivity contribution in [3.05, 3.63) is 33.9 Å². The SMILES string of the molecule is Cc1cc(Cl)cc2c1O[C@H](C(F)(F)F)C(C(=O)OCONN(O)N1CC(O)C1)=C2. The highest BCUT2D eigenvalue weighted by molar-refractivity contribution is 6.30. The third kappa shape index (κ3) is 4.98. The molecule has 160 valence electrons. The zero-order chi connectivity index (χ0) is 21.3. The van der Waals surface area contributed by atoms with Gasteiger partial charge in [0.1, 0.15) is 5.75 Å². The van der Waals surface area contributed by atoms with Crippen LogP contribution in [0.4, 0.5) is 13.2 Å². The van der Waals surface area contributed by atoms with E-state index in [1.165, 1.54) is 24.1 Å². The predicted molar refractivity (Wildman–Crippen MR) is 91.0 cm³/mol. The molecule has 1 saturated heterocycles. The molecule has 29 heavy (non-hydrogen) atoms. The van der Waals surface area contributed by atoms with Crippen LogP contribution < -0.4 is 10.3 Å². The van der Waals surface area contributed by atoms with E-state index in [0.717, 1.165) is 6.08 Å². The minimum atomic E-state index is -4.87. The maximum Gasteiger partial charge on any atom is 0.430 e. The summed E-state index contributed by atoms with van der Waals surface area (Å²) in [6.07, 6.45) is -6.98. The number of β-amino-alcohol motifs (C(OH)–C–C–N with tert-alkyl or cyclic N) is 1. The number of carbonyl (C=O) groups excluding carboxylic acids is 1. The monoisotopic (exact) mass is 439 g/mol. The van der Waals surface area contributed by atoms with Crippen LogP contribution in [0.25, 0.3) is 6.08 Å². The molecule has 13 heteroatoms. The summed E-state index contributed by atoms with van der Waals surface area (Å²) in [5.41, 5.74) is 1.79. The van der Waals surface area contributed by atoms with Gasteiger partial charge in [-0.05, 0) is 36.0 Å². The first-order chi connectivity index (χ1) is 13.6. The largest absolute Gasteiger partial charge is 0.475 e. The molecule has 9 nitrogen and oxygen atoms in total. The zero-order valence-corrected chi connectivity index (χ0v) is 15.7. The molecule has 2 aliphatic rings. The quantitative estimate of drug-likeness (QED) is 0.264. The first-order valence-corrected chi connectivity index (χ1v) is 8.65. The maximum atomic E-state index is 13.4. The third-order valence-corrected chi connectivity index (χ3v) is 4.35. The number of alkyl halides is 3. The first kappa shape index (κ1) is 21.8. The topological polar surface area (TPSA) is 104 Å². The van der Waals surface area contributed by atoms with Crippen molar-refractivity contribution in [1.82, 2.24) is 15.9 Å². The minimum Gasteiger partial charge on any atom is -0.475 e. The lowest BCUT2D eigenvalue weighted by atomic mass is 9.99. The van der Waals surface area contributed by atoms with E-state index in [4.69, 9.17) is 21.4 Å².